The van der Waals surface area contributed by atoms with E-state index in [1.54, 1.807) is 0 Å². The summed E-state index contributed by atoms with van der Waals surface area (Å²) in [6, 6.07) is 0. The van der Waals surface area contributed by atoms with Crippen molar-refractivity contribution < 1.29 is 0 Å². The quantitative estimate of drug-likeness (QED) is 0.525. The molecule has 3 saturated carbocycles. The van der Waals surface area contributed by atoms with Crippen molar-refractivity contribution in [2.45, 2.75) is 66.2 Å². The first-order valence-electron chi connectivity index (χ1n) is 8.75. The molecule has 0 unspecified atom stereocenters. The van der Waals surface area contributed by atoms with Gasteiger partial charge in [0.2, 0.25) is 0 Å². The Morgan fingerprint density at radius 2 is 1.75 bits per heavy atom. The van der Waals surface area contributed by atoms with Crippen molar-refractivity contribution in [3.05, 3.63) is 23.8 Å². The molecular formula is C20H30. The van der Waals surface area contributed by atoms with Gasteiger partial charge in [0.15, 0.2) is 0 Å². The van der Waals surface area contributed by atoms with E-state index in [0.717, 1.165) is 17.8 Å². The number of hydrogen-bond acceptors (Lipinski definition) is 0. The lowest BCUT2D eigenvalue weighted by molar-refractivity contribution is 0.0729. The van der Waals surface area contributed by atoms with Crippen LogP contribution >= 0.6 is 0 Å². The van der Waals surface area contributed by atoms with Crippen molar-refractivity contribution >= 4 is 0 Å². The van der Waals surface area contributed by atoms with Crippen molar-refractivity contribution in [3.8, 4) is 0 Å². The topological polar surface area (TPSA) is 0 Å². The third-order valence-electron chi connectivity index (χ3n) is 7.99. The van der Waals surface area contributed by atoms with Gasteiger partial charge in [-0.3, -0.25) is 0 Å². The van der Waals surface area contributed by atoms with E-state index >= 15 is 0 Å². The predicted molar refractivity (Wildman–Crippen MR) is 85.4 cm³/mol. The van der Waals surface area contributed by atoms with Gasteiger partial charge in [0.25, 0.3) is 0 Å². The Hall–Kier alpha value is -0.520. The summed E-state index contributed by atoms with van der Waals surface area (Å²) in [5, 5.41) is 0. The number of hydrogen-bond donors (Lipinski definition) is 0. The second-order valence-electron chi connectivity index (χ2n) is 9.12. The van der Waals surface area contributed by atoms with Crippen LogP contribution in [0, 0.1) is 34.0 Å². The molecule has 0 saturated heterocycles. The van der Waals surface area contributed by atoms with E-state index in [2.05, 4.69) is 40.3 Å². The molecule has 4 aliphatic carbocycles. The Balaban J connectivity index is 1.87. The molecule has 20 heavy (non-hydrogen) atoms. The number of rotatable bonds is 0. The molecule has 0 bridgehead atoms. The van der Waals surface area contributed by atoms with Gasteiger partial charge < -0.3 is 0 Å². The summed E-state index contributed by atoms with van der Waals surface area (Å²) in [7, 11) is 0. The first-order valence-corrected chi connectivity index (χ1v) is 8.75. The first kappa shape index (κ1) is 13.2. The predicted octanol–water partition coefficient (Wildman–Crippen LogP) is 5.75. The summed E-state index contributed by atoms with van der Waals surface area (Å²) < 4.78 is 0. The van der Waals surface area contributed by atoms with E-state index in [4.69, 9.17) is 0 Å². The minimum atomic E-state index is 0.456. The van der Waals surface area contributed by atoms with Gasteiger partial charge in [-0.2, -0.15) is 0 Å². The zero-order chi connectivity index (χ0) is 14.3. The molecule has 0 aromatic heterocycles. The van der Waals surface area contributed by atoms with E-state index in [9.17, 15) is 0 Å². The molecule has 0 amide bonds. The second-order valence-corrected chi connectivity index (χ2v) is 9.12. The molecule has 3 fully saturated rings. The summed E-state index contributed by atoms with van der Waals surface area (Å²) in [5.41, 5.74) is 4.78. The molecule has 0 aliphatic heterocycles. The standard InChI is InChI=1S/C20H30/c1-13-12-15-19(5,17-16(13)18(17,3)4)14(2)8-11-20(15)9-6-7-10-20/h12,14,16-17H,1,6-11H2,2-5H3/t14-,16+,17-,19+/m0/s1. The lowest BCUT2D eigenvalue weighted by Crippen LogP contribution is -2.45. The summed E-state index contributed by atoms with van der Waals surface area (Å²) in [5.74, 6) is 2.47. The number of allylic oxidation sites excluding steroid dienone is 3. The van der Waals surface area contributed by atoms with Crippen molar-refractivity contribution in [1.82, 2.24) is 0 Å². The highest BCUT2D eigenvalue weighted by atomic mass is 14.7. The highest BCUT2D eigenvalue weighted by Gasteiger charge is 2.71. The fourth-order valence-electron chi connectivity index (χ4n) is 6.84. The minimum Gasteiger partial charge on any atom is -0.0955 e. The maximum atomic E-state index is 4.46. The van der Waals surface area contributed by atoms with Gasteiger partial charge in [-0.1, -0.05) is 64.3 Å². The molecule has 0 heterocycles. The Kier molecular flexibility index (Phi) is 2.38. The van der Waals surface area contributed by atoms with E-state index in [1.165, 1.54) is 44.1 Å². The van der Waals surface area contributed by atoms with Crippen molar-refractivity contribution in [2.75, 3.05) is 0 Å². The fourth-order valence-corrected chi connectivity index (χ4v) is 6.84. The van der Waals surface area contributed by atoms with Gasteiger partial charge >= 0.3 is 0 Å². The molecule has 0 N–H and O–H groups in total. The van der Waals surface area contributed by atoms with E-state index in [-0.39, 0.29) is 0 Å². The zero-order valence-electron chi connectivity index (χ0n) is 13.8. The van der Waals surface area contributed by atoms with Crippen LogP contribution in [0.4, 0.5) is 0 Å². The SMILES string of the molecule is C=C1C=C2C3(CCCC3)CC[C@H](C)[C@@]2(C)[C@H]2[C@@H]1C2(C)C. The van der Waals surface area contributed by atoms with Crippen molar-refractivity contribution in [3.63, 3.8) is 0 Å². The minimum absolute atomic E-state index is 0.456. The van der Waals surface area contributed by atoms with Crippen LogP contribution in [0.1, 0.15) is 66.2 Å². The van der Waals surface area contributed by atoms with Crippen molar-refractivity contribution in [2.24, 2.45) is 34.0 Å². The van der Waals surface area contributed by atoms with Gasteiger partial charge in [0, 0.05) is 0 Å². The third kappa shape index (κ3) is 1.30. The zero-order valence-corrected chi connectivity index (χ0v) is 13.8. The van der Waals surface area contributed by atoms with E-state index < -0.39 is 0 Å². The summed E-state index contributed by atoms with van der Waals surface area (Å²) in [4.78, 5) is 0. The van der Waals surface area contributed by atoms with Crippen LogP contribution in [0.3, 0.4) is 0 Å². The molecule has 0 aromatic carbocycles. The smallest absolute Gasteiger partial charge is 0.00424 e. The van der Waals surface area contributed by atoms with Crippen LogP contribution < -0.4 is 0 Å². The Bertz CT molecular complexity index is 500. The number of fused-ring (bicyclic) bond motifs is 4. The second kappa shape index (κ2) is 3.62. The van der Waals surface area contributed by atoms with Crippen LogP contribution in [0.5, 0.6) is 0 Å². The molecule has 0 radical (unpaired) electrons. The van der Waals surface area contributed by atoms with Gasteiger partial charge in [0.05, 0.1) is 0 Å². The van der Waals surface area contributed by atoms with Crippen LogP contribution in [-0.4, -0.2) is 0 Å². The molecule has 0 aromatic rings. The van der Waals surface area contributed by atoms with Crippen LogP contribution in [0.25, 0.3) is 0 Å². The first-order chi connectivity index (χ1) is 9.34. The normalized spacial score (nSPS) is 47.7. The lowest BCUT2D eigenvalue weighted by atomic mass is 9.50. The van der Waals surface area contributed by atoms with Gasteiger partial charge in [0.1, 0.15) is 0 Å². The summed E-state index contributed by atoms with van der Waals surface area (Å²) in [6.07, 6.45) is 11.3. The average Bonchev–Trinajstić information content (AvgIpc) is 2.78. The van der Waals surface area contributed by atoms with E-state index in [0.29, 0.717) is 16.2 Å². The van der Waals surface area contributed by atoms with Gasteiger partial charge in [-0.15, -0.1) is 0 Å². The van der Waals surface area contributed by atoms with Gasteiger partial charge in [-0.05, 0) is 59.7 Å². The Labute approximate surface area is 124 Å². The highest BCUT2D eigenvalue weighted by molar-refractivity contribution is 5.47. The Morgan fingerprint density at radius 3 is 2.40 bits per heavy atom. The van der Waals surface area contributed by atoms with Crippen LogP contribution in [-0.2, 0) is 0 Å². The molecule has 0 heteroatoms. The lowest BCUT2D eigenvalue weighted by Gasteiger charge is -2.54. The molecule has 4 atom stereocenters. The largest absolute Gasteiger partial charge is 0.0955 e. The molecule has 1 spiro atoms. The van der Waals surface area contributed by atoms with Crippen molar-refractivity contribution in [1.29, 1.82) is 0 Å². The highest BCUT2D eigenvalue weighted by Crippen LogP contribution is 2.78. The summed E-state index contributed by atoms with van der Waals surface area (Å²) >= 11 is 0. The molecule has 110 valence electrons. The molecular weight excluding hydrogens is 240 g/mol. The fraction of sp³-hybridized carbons (Fsp3) is 0.800. The molecule has 4 rings (SSSR count). The monoisotopic (exact) mass is 270 g/mol. The molecule has 0 nitrogen and oxygen atoms in total. The Morgan fingerprint density at radius 1 is 1.10 bits per heavy atom. The van der Waals surface area contributed by atoms with Crippen LogP contribution in [0.15, 0.2) is 23.8 Å². The van der Waals surface area contributed by atoms with E-state index in [1.807, 2.05) is 5.57 Å². The molecule has 4 aliphatic rings. The average molecular weight is 270 g/mol. The third-order valence-corrected chi connectivity index (χ3v) is 7.99. The summed E-state index contributed by atoms with van der Waals surface area (Å²) in [6.45, 7) is 14.6. The maximum absolute atomic E-state index is 4.46. The van der Waals surface area contributed by atoms with Gasteiger partial charge in [-0.25, -0.2) is 0 Å². The maximum Gasteiger partial charge on any atom is -0.00424 e. The van der Waals surface area contributed by atoms with Crippen LogP contribution in [0.2, 0.25) is 0 Å².